The van der Waals surface area contributed by atoms with Crippen molar-refractivity contribution >= 4 is 57.5 Å². The van der Waals surface area contributed by atoms with Gasteiger partial charge in [-0.25, -0.2) is 9.59 Å². The summed E-state index contributed by atoms with van der Waals surface area (Å²) in [6, 6.07) is 21.6. The number of amides is 2. The molecule has 0 aliphatic heterocycles. The maximum absolute atomic E-state index is 12.8. The molecule has 5 aromatic rings. The second-order valence-corrected chi connectivity index (χ2v) is 14.1. The van der Waals surface area contributed by atoms with Gasteiger partial charge in [-0.15, -0.1) is 45.3 Å². The first-order valence-corrected chi connectivity index (χ1v) is 18.2. The van der Waals surface area contributed by atoms with E-state index in [1.165, 1.54) is 0 Å². The fourth-order valence-corrected chi connectivity index (χ4v) is 7.21. The Morgan fingerprint density at radius 2 is 0.891 bits per heavy atom. The third-order valence-electron chi connectivity index (χ3n) is 6.49. The molecular weight excluding hydrogens is 663 g/mol. The maximum atomic E-state index is 12.8. The Hall–Kier alpha value is -3.59. The molecule has 0 saturated heterocycles. The van der Waals surface area contributed by atoms with Crippen molar-refractivity contribution in [1.29, 1.82) is 0 Å². The van der Waals surface area contributed by atoms with Crippen LogP contribution in [0.15, 0.2) is 88.3 Å². The molecule has 0 saturated carbocycles. The Bertz CT molecular complexity index is 1370. The summed E-state index contributed by atoms with van der Waals surface area (Å²) in [7, 11) is 0. The van der Waals surface area contributed by atoms with E-state index in [1.807, 2.05) is 88.3 Å². The van der Waals surface area contributed by atoms with E-state index in [-0.39, 0.29) is 51.8 Å². The van der Waals surface area contributed by atoms with Crippen LogP contribution >= 0.6 is 45.3 Å². The SMILES string of the molecule is O=C(OCCOCc1cccc(COCCOC(=O)N(Cc2cccs2)Cc2cccs2)n1)N(Cc1cccs1)Cc1cccs1. The molecule has 242 valence electrons. The monoisotopic (exact) mass is 697 g/mol. The number of hydrogen-bond acceptors (Lipinski definition) is 11. The number of aromatic nitrogens is 1. The molecule has 0 fully saturated rings. The van der Waals surface area contributed by atoms with Gasteiger partial charge < -0.3 is 18.9 Å². The summed E-state index contributed by atoms with van der Waals surface area (Å²) in [6.07, 6.45) is -0.739. The van der Waals surface area contributed by atoms with Gasteiger partial charge in [-0.3, -0.25) is 14.8 Å². The van der Waals surface area contributed by atoms with Crippen molar-refractivity contribution in [2.45, 2.75) is 39.4 Å². The lowest BCUT2D eigenvalue weighted by molar-refractivity contribution is 0.0436. The number of carbonyl (C=O) groups excluding carboxylic acids is 2. The molecule has 13 heteroatoms. The number of nitrogens with zero attached hydrogens (tertiary/aromatic N) is 3. The zero-order valence-corrected chi connectivity index (χ0v) is 28.4. The number of rotatable bonds is 18. The van der Waals surface area contributed by atoms with Crippen LogP contribution in [0.3, 0.4) is 0 Å². The average Bonchev–Trinajstić information content (AvgIpc) is 3.90. The van der Waals surface area contributed by atoms with Crippen molar-refractivity contribution in [1.82, 2.24) is 14.8 Å². The molecule has 0 aliphatic carbocycles. The standard InChI is InChI=1S/C33H35N3O6S4/c37-32(35(20-28-8-2-16-43-28)21-29-9-3-17-44-29)41-14-12-39-24-26-6-1-7-27(34-26)25-40-13-15-42-33(38)36(22-30-10-4-18-45-30)23-31-11-5-19-46-31/h1-11,16-19H,12-15,20-25H2. The zero-order chi connectivity index (χ0) is 31.8. The molecule has 46 heavy (non-hydrogen) atoms. The van der Waals surface area contributed by atoms with Crippen LogP contribution in [-0.2, 0) is 58.3 Å². The minimum absolute atomic E-state index is 0.143. The van der Waals surface area contributed by atoms with Gasteiger partial charge in [0.2, 0.25) is 0 Å². The Morgan fingerprint density at radius 1 is 0.522 bits per heavy atom. The van der Waals surface area contributed by atoms with Crippen LogP contribution < -0.4 is 0 Å². The highest BCUT2D eigenvalue weighted by molar-refractivity contribution is 7.10. The van der Waals surface area contributed by atoms with Gasteiger partial charge in [0.05, 0.1) is 64.0 Å². The summed E-state index contributed by atoms with van der Waals surface area (Å²) >= 11 is 6.46. The third-order valence-corrected chi connectivity index (χ3v) is 9.94. The van der Waals surface area contributed by atoms with Crippen LogP contribution in [0.25, 0.3) is 0 Å². The number of thiophene rings is 4. The molecule has 0 aromatic carbocycles. The van der Waals surface area contributed by atoms with Crippen molar-refractivity contribution in [3.05, 3.63) is 119 Å². The second kappa shape index (κ2) is 18.5. The topological polar surface area (TPSA) is 90.4 Å². The van der Waals surface area contributed by atoms with Crippen LogP contribution in [-0.4, -0.2) is 53.4 Å². The molecule has 0 unspecified atom stereocenters. The third kappa shape index (κ3) is 11.3. The van der Waals surface area contributed by atoms with Gasteiger partial charge in [0.15, 0.2) is 0 Å². The van der Waals surface area contributed by atoms with Gasteiger partial charge in [0, 0.05) is 19.5 Å². The molecule has 5 heterocycles. The molecule has 9 nitrogen and oxygen atoms in total. The van der Waals surface area contributed by atoms with Gasteiger partial charge in [-0.2, -0.15) is 0 Å². The van der Waals surface area contributed by atoms with Gasteiger partial charge in [-0.1, -0.05) is 30.3 Å². The van der Waals surface area contributed by atoms with Crippen molar-refractivity contribution in [2.24, 2.45) is 0 Å². The minimum Gasteiger partial charge on any atom is -0.447 e. The van der Waals surface area contributed by atoms with Crippen molar-refractivity contribution in [3.8, 4) is 0 Å². The van der Waals surface area contributed by atoms with Gasteiger partial charge in [0.1, 0.15) is 13.2 Å². The quantitative estimate of drug-likeness (QED) is 0.0857. The Kier molecular flexibility index (Phi) is 13.6. The van der Waals surface area contributed by atoms with E-state index < -0.39 is 0 Å². The molecule has 0 atom stereocenters. The molecule has 0 radical (unpaired) electrons. The normalized spacial score (nSPS) is 11.0. The maximum Gasteiger partial charge on any atom is 0.410 e. The number of carbonyl (C=O) groups is 2. The molecule has 0 spiro atoms. The largest absolute Gasteiger partial charge is 0.447 e. The van der Waals surface area contributed by atoms with Gasteiger partial charge >= 0.3 is 12.2 Å². The van der Waals surface area contributed by atoms with Crippen molar-refractivity contribution in [2.75, 3.05) is 26.4 Å². The number of ether oxygens (including phenoxy) is 4. The molecule has 0 bridgehead atoms. The molecule has 2 amide bonds. The molecule has 5 rings (SSSR count). The summed E-state index contributed by atoms with van der Waals surface area (Å²) in [5.41, 5.74) is 1.49. The van der Waals surface area contributed by atoms with Gasteiger partial charge in [-0.05, 0) is 57.9 Å². The number of pyridine rings is 1. The van der Waals surface area contributed by atoms with E-state index in [1.54, 1.807) is 55.1 Å². The molecular formula is C33H35N3O6S4. The lowest BCUT2D eigenvalue weighted by atomic mass is 10.3. The fourth-order valence-electron chi connectivity index (χ4n) is 4.33. The lowest BCUT2D eigenvalue weighted by Gasteiger charge is -2.21. The lowest BCUT2D eigenvalue weighted by Crippen LogP contribution is -2.31. The summed E-state index contributed by atoms with van der Waals surface area (Å²) in [4.78, 5) is 38.0. The van der Waals surface area contributed by atoms with Crippen molar-refractivity contribution < 1.29 is 28.5 Å². The second-order valence-electron chi connectivity index (χ2n) is 9.98. The highest BCUT2D eigenvalue weighted by Gasteiger charge is 2.18. The summed E-state index contributed by atoms with van der Waals surface area (Å²) in [5.74, 6) is 0. The van der Waals surface area contributed by atoms with Crippen LogP contribution in [0.2, 0.25) is 0 Å². The van der Waals surface area contributed by atoms with E-state index in [4.69, 9.17) is 18.9 Å². The summed E-state index contributed by atoms with van der Waals surface area (Å²) < 4.78 is 22.5. The predicted molar refractivity (Wildman–Crippen MR) is 182 cm³/mol. The van der Waals surface area contributed by atoms with E-state index in [0.717, 1.165) is 30.9 Å². The van der Waals surface area contributed by atoms with E-state index >= 15 is 0 Å². The van der Waals surface area contributed by atoms with E-state index in [0.29, 0.717) is 26.2 Å². The van der Waals surface area contributed by atoms with Crippen LogP contribution in [0.5, 0.6) is 0 Å². The Morgan fingerprint density at radius 3 is 1.22 bits per heavy atom. The first-order chi connectivity index (χ1) is 22.6. The highest BCUT2D eigenvalue weighted by Crippen LogP contribution is 2.19. The zero-order valence-electron chi connectivity index (χ0n) is 25.2. The number of hydrogen-bond donors (Lipinski definition) is 0. The molecule has 5 aromatic heterocycles. The Labute approximate surface area is 284 Å². The fraction of sp³-hybridized carbons (Fsp3) is 0.303. The molecule has 0 aliphatic rings. The van der Waals surface area contributed by atoms with Crippen LogP contribution in [0, 0.1) is 0 Å². The van der Waals surface area contributed by atoms with E-state index in [9.17, 15) is 9.59 Å². The van der Waals surface area contributed by atoms with Gasteiger partial charge in [0.25, 0.3) is 0 Å². The first kappa shape index (κ1) is 33.8. The Balaban J connectivity index is 0.979. The molecule has 0 N–H and O–H groups in total. The first-order valence-electron chi connectivity index (χ1n) is 14.7. The van der Waals surface area contributed by atoms with E-state index in [2.05, 4.69) is 4.98 Å². The minimum atomic E-state index is -0.369. The summed E-state index contributed by atoms with van der Waals surface area (Å²) in [6.45, 7) is 3.35. The van der Waals surface area contributed by atoms with Crippen molar-refractivity contribution in [3.63, 3.8) is 0 Å². The average molecular weight is 698 g/mol. The van der Waals surface area contributed by atoms with Crippen LogP contribution in [0.4, 0.5) is 9.59 Å². The predicted octanol–water partition coefficient (Wildman–Crippen LogP) is 8.04. The highest BCUT2D eigenvalue weighted by atomic mass is 32.1. The smallest absolute Gasteiger partial charge is 0.410 e. The summed E-state index contributed by atoms with van der Waals surface area (Å²) in [5, 5.41) is 8.00. The van der Waals surface area contributed by atoms with Crippen LogP contribution in [0.1, 0.15) is 30.9 Å².